The van der Waals surface area contributed by atoms with Crippen LogP contribution in [0, 0.1) is 12.3 Å². The van der Waals surface area contributed by atoms with Crippen LogP contribution in [0.4, 0.5) is 5.69 Å². The molecule has 0 aromatic heterocycles. The van der Waals surface area contributed by atoms with Gasteiger partial charge in [0.2, 0.25) is 0 Å². The van der Waals surface area contributed by atoms with E-state index in [0.717, 1.165) is 16.8 Å². The monoisotopic (exact) mass is 309 g/mol. The van der Waals surface area contributed by atoms with Gasteiger partial charge in [-0.15, -0.1) is 6.42 Å². The molecule has 0 bridgehead atoms. The lowest BCUT2D eigenvalue weighted by molar-refractivity contribution is 0.987. The fourth-order valence-corrected chi connectivity index (χ4v) is 2.61. The molecule has 0 heterocycles. The SMILES string of the molecule is C#C/C(=C\C(Nc1ccccc1)c1ccccc1)c1ccccc1. The lowest BCUT2D eigenvalue weighted by Crippen LogP contribution is -2.08. The third-order valence-corrected chi connectivity index (χ3v) is 3.83. The molecule has 1 unspecified atom stereocenters. The molecule has 3 aromatic carbocycles. The second-order valence-electron chi connectivity index (χ2n) is 5.49. The smallest absolute Gasteiger partial charge is 0.0713 e. The van der Waals surface area contributed by atoms with Gasteiger partial charge in [-0.1, -0.05) is 84.8 Å². The highest BCUT2D eigenvalue weighted by molar-refractivity contribution is 5.79. The predicted molar refractivity (Wildman–Crippen MR) is 102 cm³/mol. The van der Waals surface area contributed by atoms with Crippen molar-refractivity contribution in [2.24, 2.45) is 0 Å². The molecule has 116 valence electrons. The van der Waals surface area contributed by atoms with Gasteiger partial charge in [0, 0.05) is 11.3 Å². The Kier molecular flexibility index (Phi) is 5.12. The molecule has 3 aromatic rings. The number of rotatable bonds is 5. The van der Waals surface area contributed by atoms with Crippen LogP contribution in [0.2, 0.25) is 0 Å². The minimum atomic E-state index is -0.000133. The lowest BCUT2D eigenvalue weighted by Gasteiger charge is -2.18. The summed E-state index contributed by atoms with van der Waals surface area (Å²) in [6.45, 7) is 0. The highest BCUT2D eigenvalue weighted by atomic mass is 14.9. The molecule has 1 heteroatoms. The summed E-state index contributed by atoms with van der Waals surface area (Å²) in [6.07, 6.45) is 7.89. The normalized spacial score (nSPS) is 12.2. The van der Waals surface area contributed by atoms with E-state index in [9.17, 15) is 0 Å². The average Bonchev–Trinajstić information content (AvgIpc) is 2.67. The fraction of sp³-hybridized carbons (Fsp3) is 0.0435. The van der Waals surface area contributed by atoms with Gasteiger partial charge in [-0.25, -0.2) is 0 Å². The summed E-state index contributed by atoms with van der Waals surface area (Å²) in [7, 11) is 0. The van der Waals surface area contributed by atoms with Gasteiger partial charge in [-0.3, -0.25) is 0 Å². The molecule has 0 saturated carbocycles. The topological polar surface area (TPSA) is 12.0 Å². The first-order chi connectivity index (χ1) is 11.9. The van der Waals surface area contributed by atoms with Gasteiger partial charge in [0.15, 0.2) is 0 Å². The van der Waals surface area contributed by atoms with Gasteiger partial charge in [-0.05, 0) is 29.3 Å². The van der Waals surface area contributed by atoms with Crippen molar-refractivity contribution in [3.63, 3.8) is 0 Å². The molecular weight excluding hydrogens is 290 g/mol. The number of para-hydroxylation sites is 1. The van der Waals surface area contributed by atoms with Crippen molar-refractivity contribution in [1.29, 1.82) is 0 Å². The van der Waals surface area contributed by atoms with Crippen LogP contribution in [0.5, 0.6) is 0 Å². The van der Waals surface area contributed by atoms with E-state index in [-0.39, 0.29) is 6.04 Å². The van der Waals surface area contributed by atoms with E-state index in [1.807, 2.05) is 66.7 Å². The van der Waals surface area contributed by atoms with Crippen molar-refractivity contribution in [1.82, 2.24) is 0 Å². The summed E-state index contributed by atoms with van der Waals surface area (Å²) < 4.78 is 0. The fourth-order valence-electron chi connectivity index (χ4n) is 2.61. The van der Waals surface area contributed by atoms with Crippen molar-refractivity contribution in [3.05, 3.63) is 108 Å². The lowest BCUT2D eigenvalue weighted by atomic mass is 9.99. The van der Waals surface area contributed by atoms with E-state index < -0.39 is 0 Å². The molecule has 0 saturated heterocycles. The predicted octanol–water partition coefficient (Wildman–Crippen LogP) is 5.56. The summed E-state index contributed by atoms with van der Waals surface area (Å²) in [6, 6.07) is 30.6. The number of allylic oxidation sites excluding steroid dienone is 1. The summed E-state index contributed by atoms with van der Waals surface area (Å²) in [5.41, 5.74) is 4.17. The van der Waals surface area contributed by atoms with Crippen LogP contribution < -0.4 is 5.32 Å². The number of terminal acetylenes is 1. The van der Waals surface area contributed by atoms with Gasteiger partial charge >= 0.3 is 0 Å². The minimum Gasteiger partial charge on any atom is -0.375 e. The van der Waals surface area contributed by atoms with E-state index in [0.29, 0.717) is 0 Å². The Morgan fingerprint density at radius 1 is 0.792 bits per heavy atom. The largest absolute Gasteiger partial charge is 0.375 e. The Morgan fingerprint density at radius 2 is 1.33 bits per heavy atom. The van der Waals surface area contributed by atoms with E-state index >= 15 is 0 Å². The summed E-state index contributed by atoms with van der Waals surface area (Å²) in [4.78, 5) is 0. The summed E-state index contributed by atoms with van der Waals surface area (Å²) in [5, 5.41) is 3.56. The Bertz CT molecular complexity index is 827. The zero-order valence-corrected chi connectivity index (χ0v) is 13.4. The highest BCUT2D eigenvalue weighted by Gasteiger charge is 2.10. The Morgan fingerprint density at radius 3 is 1.92 bits per heavy atom. The maximum atomic E-state index is 5.78. The number of nitrogens with one attached hydrogen (secondary N) is 1. The molecule has 0 amide bonds. The third-order valence-electron chi connectivity index (χ3n) is 3.83. The minimum absolute atomic E-state index is 0.000133. The van der Waals surface area contributed by atoms with Crippen LogP contribution in [0.1, 0.15) is 17.2 Å². The van der Waals surface area contributed by atoms with Gasteiger partial charge < -0.3 is 5.32 Å². The number of hydrogen-bond acceptors (Lipinski definition) is 1. The molecule has 0 radical (unpaired) electrons. The maximum absolute atomic E-state index is 5.78. The van der Waals surface area contributed by atoms with Crippen molar-refractivity contribution < 1.29 is 0 Å². The Hall–Kier alpha value is -3.24. The molecule has 0 fully saturated rings. The van der Waals surface area contributed by atoms with E-state index in [1.165, 1.54) is 5.56 Å². The second-order valence-corrected chi connectivity index (χ2v) is 5.49. The average molecular weight is 309 g/mol. The molecule has 0 aliphatic carbocycles. The van der Waals surface area contributed by atoms with Gasteiger partial charge in [0.25, 0.3) is 0 Å². The van der Waals surface area contributed by atoms with Crippen LogP contribution >= 0.6 is 0 Å². The number of benzene rings is 3. The third kappa shape index (κ3) is 3.94. The second kappa shape index (κ2) is 7.85. The molecule has 0 aliphatic heterocycles. The molecule has 1 nitrogen and oxygen atoms in total. The number of anilines is 1. The molecule has 0 spiro atoms. The molecule has 24 heavy (non-hydrogen) atoms. The van der Waals surface area contributed by atoms with Gasteiger partial charge in [-0.2, -0.15) is 0 Å². The highest BCUT2D eigenvalue weighted by Crippen LogP contribution is 2.25. The van der Waals surface area contributed by atoms with Crippen molar-refractivity contribution in [2.75, 3.05) is 5.32 Å². The van der Waals surface area contributed by atoms with Crippen molar-refractivity contribution >= 4 is 11.3 Å². The molecule has 3 rings (SSSR count). The van der Waals surface area contributed by atoms with Crippen molar-refractivity contribution in [3.8, 4) is 12.3 Å². The van der Waals surface area contributed by atoms with Gasteiger partial charge in [0.05, 0.1) is 6.04 Å². The van der Waals surface area contributed by atoms with Crippen LogP contribution in [-0.2, 0) is 0 Å². The van der Waals surface area contributed by atoms with E-state index in [4.69, 9.17) is 6.42 Å². The summed E-state index contributed by atoms with van der Waals surface area (Å²) >= 11 is 0. The zero-order valence-electron chi connectivity index (χ0n) is 13.4. The van der Waals surface area contributed by atoms with Crippen molar-refractivity contribution in [2.45, 2.75) is 6.04 Å². The molecule has 0 aliphatic rings. The first kappa shape index (κ1) is 15.6. The van der Waals surface area contributed by atoms with E-state index in [2.05, 4.69) is 41.6 Å². The first-order valence-corrected chi connectivity index (χ1v) is 7.97. The molecule has 1 N–H and O–H groups in total. The van der Waals surface area contributed by atoms with Gasteiger partial charge in [0.1, 0.15) is 0 Å². The standard InChI is InChI=1S/C23H19N/c1-2-19(20-12-6-3-7-13-20)18-23(21-14-8-4-9-15-21)24-22-16-10-5-11-17-22/h1,3-18,23-24H/b19-18+. The Balaban J connectivity index is 1.98. The van der Waals surface area contributed by atoms with Crippen LogP contribution in [-0.4, -0.2) is 0 Å². The van der Waals surface area contributed by atoms with Crippen LogP contribution in [0.15, 0.2) is 97.1 Å². The molecular formula is C23H19N. The first-order valence-electron chi connectivity index (χ1n) is 7.97. The number of hydrogen-bond donors (Lipinski definition) is 1. The van der Waals surface area contributed by atoms with Crippen LogP contribution in [0.3, 0.4) is 0 Å². The van der Waals surface area contributed by atoms with Crippen LogP contribution in [0.25, 0.3) is 5.57 Å². The van der Waals surface area contributed by atoms with E-state index in [1.54, 1.807) is 0 Å². The molecule has 1 atom stereocenters. The zero-order chi connectivity index (χ0) is 16.6. The quantitative estimate of drug-likeness (QED) is 0.609. The Labute approximate surface area is 143 Å². The summed E-state index contributed by atoms with van der Waals surface area (Å²) in [5.74, 6) is 2.83. The maximum Gasteiger partial charge on any atom is 0.0713 e.